The number of carbonyl (C=O) groups is 1. The Balaban J connectivity index is 1.77. The van der Waals surface area contributed by atoms with Gasteiger partial charge < -0.3 is 10.6 Å². The molecule has 0 radical (unpaired) electrons. The molecule has 5 aromatic rings. The number of rotatable bonds is 7. The summed E-state index contributed by atoms with van der Waals surface area (Å²) in [7, 11) is -2.48. The molecule has 1 aromatic carbocycles. The van der Waals surface area contributed by atoms with Gasteiger partial charge in [0, 0.05) is 30.1 Å². The van der Waals surface area contributed by atoms with Gasteiger partial charge in [0.05, 0.1) is 27.7 Å². The fourth-order valence-corrected chi connectivity index (χ4v) is 5.27. The second kappa shape index (κ2) is 9.39. The van der Waals surface area contributed by atoms with Gasteiger partial charge in [-0.25, -0.2) is 27.3 Å². The van der Waals surface area contributed by atoms with Gasteiger partial charge in [-0.05, 0) is 37.3 Å². The Morgan fingerprint density at radius 2 is 1.81 bits per heavy atom. The van der Waals surface area contributed by atoms with Crippen LogP contribution < -0.4 is 10.6 Å². The van der Waals surface area contributed by atoms with Crippen molar-refractivity contribution in [3.8, 4) is 11.1 Å². The van der Waals surface area contributed by atoms with Crippen molar-refractivity contribution in [3.63, 3.8) is 0 Å². The summed E-state index contributed by atoms with van der Waals surface area (Å²) in [6, 6.07) is 12.8. The van der Waals surface area contributed by atoms with Crippen LogP contribution in [0.3, 0.4) is 0 Å². The second-order valence-electron chi connectivity index (χ2n) is 8.02. The second-order valence-corrected chi connectivity index (χ2v) is 9.83. The van der Waals surface area contributed by atoms with E-state index in [0.29, 0.717) is 23.2 Å². The highest BCUT2D eigenvalue weighted by Gasteiger charge is 2.27. The first-order chi connectivity index (χ1) is 17.8. The van der Waals surface area contributed by atoms with E-state index >= 15 is 4.39 Å². The summed E-state index contributed by atoms with van der Waals surface area (Å²) >= 11 is 0. The van der Waals surface area contributed by atoms with Gasteiger partial charge in [-0.2, -0.15) is 4.39 Å². The number of hydrogen-bond donors (Lipinski definition) is 2. The van der Waals surface area contributed by atoms with Crippen LogP contribution in [0.15, 0.2) is 72.1 Å². The van der Waals surface area contributed by atoms with Crippen molar-refractivity contribution < 1.29 is 17.6 Å². The van der Waals surface area contributed by atoms with Crippen LogP contribution in [0.1, 0.15) is 16.1 Å². The van der Waals surface area contributed by atoms with Crippen LogP contribution >= 0.6 is 0 Å². The molecule has 4 heterocycles. The van der Waals surface area contributed by atoms with Crippen molar-refractivity contribution in [1.29, 1.82) is 0 Å². The van der Waals surface area contributed by atoms with E-state index in [4.69, 9.17) is 0 Å². The van der Waals surface area contributed by atoms with Crippen LogP contribution in [0.2, 0.25) is 0 Å². The quantitative estimate of drug-likeness (QED) is 0.241. The van der Waals surface area contributed by atoms with Gasteiger partial charge in [0.1, 0.15) is 18.0 Å². The molecule has 12 heteroatoms. The van der Waals surface area contributed by atoms with Crippen LogP contribution in [0.5, 0.6) is 0 Å². The number of anilines is 3. The standard InChI is InChI=1S/C25H20FN7O3S/c1-15-8-9-16(11-28-15)31-21-10-18(20(13-34)23(26)32-21)19-12-33(25-22(19)24(27-2)29-14-30-25)37(35,36)17-6-4-3-5-7-17/h3-14H,1-2H3,(H,31,32)(H,27,29,30). The van der Waals surface area contributed by atoms with Crippen molar-refractivity contribution in [2.24, 2.45) is 0 Å². The molecule has 0 amide bonds. The Morgan fingerprint density at radius 3 is 2.49 bits per heavy atom. The molecule has 0 aliphatic carbocycles. The van der Waals surface area contributed by atoms with Gasteiger partial charge in [-0.1, -0.05) is 18.2 Å². The number of carbonyl (C=O) groups excluding carboxylic acids is 1. The SMILES string of the molecule is CNc1ncnc2c1c(-c1cc(Nc3ccc(C)nc3)nc(F)c1C=O)cn2S(=O)(=O)c1ccccc1. The summed E-state index contributed by atoms with van der Waals surface area (Å²) in [5.74, 6) is -0.628. The Morgan fingerprint density at radius 1 is 1.03 bits per heavy atom. The zero-order chi connectivity index (χ0) is 26.2. The normalized spacial score (nSPS) is 11.4. The summed E-state index contributed by atoms with van der Waals surface area (Å²) in [5.41, 5.74) is 1.42. The van der Waals surface area contributed by atoms with Gasteiger partial charge in [0.15, 0.2) is 11.9 Å². The molecular formula is C25H20FN7O3S. The lowest BCUT2D eigenvalue weighted by Gasteiger charge is -2.11. The first-order valence-corrected chi connectivity index (χ1v) is 12.5. The van der Waals surface area contributed by atoms with Crippen molar-refractivity contribution in [1.82, 2.24) is 23.9 Å². The minimum Gasteiger partial charge on any atom is -0.372 e. The molecule has 0 unspecified atom stereocenters. The lowest BCUT2D eigenvalue weighted by Crippen LogP contribution is -2.12. The third-order valence-electron chi connectivity index (χ3n) is 5.69. The predicted octanol–water partition coefficient (Wildman–Crippen LogP) is 4.17. The Bertz CT molecular complexity index is 1740. The van der Waals surface area contributed by atoms with Crippen molar-refractivity contribution in [2.75, 3.05) is 17.7 Å². The fourth-order valence-electron chi connectivity index (χ4n) is 3.93. The third-order valence-corrected chi connectivity index (χ3v) is 7.36. The van der Waals surface area contributed by atoms with Gasteiger partial charge >= 0.3 is 0 Å². The van der Waals surface area contributed by atoms with E-state index in [1.165, 1.54) is 30.7 Å². The molecule has 0 saturated heterocycles. The lowest BCUT2D eigenvalue weighted by atomic mass is 10.0. The van der Waals surface area contributed by atoms with E-state index in [0.717, 1.165) is 9.67 Å². The summed E-state index contributed by atoms with van der Waals surface area (Å²) in [6.07, 6.45) is 4.43. The van der Waals surface area contributed by atoms with Crippen LogP contribution in [0.25, 0.3) is 22.2 Å². The number of pyridine rings is 2. The van der Waals surface area contributed by atoms with Crippen LogP contribution in [-0.4, -0.2) is 45.7 Å². The highest BCUT2D eigenvalue weighted by atomic mass is 32.2. The summed E-state index contributed by atoms with van der Waals surface area (Å²) in [5, 5.41) is 6.18. The average Bonchev–Trinajstić information content (AvgIpc) is 3.31. The smallest absolute Gasteiger partial charge is 0.269 e. The molecule has 2 N–H and O–H groups in total. The summed E-state index contributed by atoms with van der Waals surface area (Å²) in [6.45, 7) is 1.83. The monoisotopic (exact) mass is 517 g/mol. The molecule has 0 aliphatic heterocycles. The van der Waals surface area contributed by atoms with E-state index in [1.54, 1.807) is 43.6 Å². The molecule has 0 saturated carbocycles. The van der Waals surface area contributed by atoms with Crippen LogP contribution in [-0.2, 0) is 10.0 Å². The first kappa shape index (κ1) is 24.0. The van der Waals surface area contributed by atoms with E-state index in [9.17, 15) is 13.2 Å². The molecule has 0 bridgehead atoms. The van der Waals surface area contributed by atoms with Gasteiger partial charge in [0.25, 0.3) is 10.0 Å². The molecule has 5 rings (SSSR count). The van der Waals surface area contributed by atoms with E-state index in [2.05, 4.69) is 30.6 Å². The first-order valence-electron chi connectivity index (χ1n) is 11.0. The number of fused-ring (bicyclic) bond motifs is 1. The molecule has 10 nitrogen and oxygen atoms in total. The number of halogens is 1. The molecule has 0 aliphatic rings. The topological polar surface area (TPSA) is 132 Å². The zero-order valence-corrected chi connectivity index (χ0v) is 20.5. The predicted molar refractivity (Wildman–Crippen MR) is 137 cm³/mol. The maximum atomic E-state index is 15.1. The number of benzene rings is 1. The van der Waals surface area contributed by atoms with Gasteiger partial charge in [-0.3, -0.25) is 9.78 Å². The molecule has 0 fully saturated rings. The number of nitrogens with one attached hydrogen (secondary N) is 2. The van der Waals surface area contributed by atoms with E-state index in [-0.39, 0.29) is 33.1 Å². The number of nitrogens with zero attached hydrogens (tertiary/aromatic N) is 5. The van der Waals surface area contributed by atoms with E-state index in [1.807, 2.05) is 6.92 Å². The van der Waals surface area contributed by atoms with Crippen molar-refractivity contribution in [2.45, 2.75) is 11.8 Å². The number of aldehydes is 1. The van der Waals surface area contributed by atoms with Gasteiger partial charge in [-0.15, -0.1) is 0 Å². The molecular weight excluding hydrogens is 497 g/mol. The summed E-state index contributed by atoms with van der Waals surface area (Å²) < 4.78 is 43.2. The van der Waals surface area contributed by atoms with Gasteiger partial charge in [0.2, 0.25) is 5.95 Å². The highest BCUT2D eigenvalue weighted by Crippen LogP contribution is 2.38. The molecule has 37 heavy (non-hydrogen) atoms. The maximum Gasteiger partial charge on any atom is 0.269 e. The zero-order valence-electron chi connectivity index (χ0n) is 19.7. The van der Waals surface area contributed by atoms with Crippen molar-refractivity contribution in [3.05, 3.63) is 84.5 Å². The Labute approximate surface area is 211 Å². The third kappa shape index (κ3) is 4.27. The van der Waals surface area contributed by atoms with Crippen LogP contribution in [0, 0.1) is 12.9 Å². The molecule has 186 valence electrons. The minimum absolute atomic E-state index is 0.0359. The Kier molecular flexibility index (Phi) is 6.09. The maximum absolute atomic E-state index is 15.1. The number of hydrogen-bond acceptors (Lipinski definition) is 9. The molecule has 0 spiro atoms. The fraction of sp³-hybridized carbons (Fsp3) is 0.0800. The molecule has 4 aromatic heterocycles. The van der Waals surface area contributed by atoms with Crippen molar-refractivity contribution >= 4 is 44.7 Å². The van der Waals surface area contributed by atoms with Crippen LogP contribution in [0.4, 0.5) is 21.7 Å². The minimum atomic E-state index is -4.09. The highest BCUT2D eigenvalue weighted by molar-refractivity contribution is 7.90. The average molecular weight is 518 g/mol. The molecule has 0 atom stereocenters. The number of aryl methyl sites for hydroxylation is 1. The Hall–Kier alpha value is -4.71. The summed E-state index contributed by atoms with van der Waals surface area (Å²) in [4.78, 5) is 28.5. The number of aromatic nitrogens is 5. The van der Waals surface area contributed by atoms with E-state index < -0.39 is 16.0 Å². The lowest BCUT2D eigenvalue weighted by molar-refractivity contribution is 0.111. The largest absolute Gasteiger partial charge is 0.372 e.